The Bertz CT molecular complexity index is 1500. The summed E-state index contributed by atoms with van der Waals surface area (Å²) in [5, 5.41) is 15.9. The van der Waals surface area contributed by atoms with Crippen LogP contribution in [0.25, 0.3) is 0 Å². The summed E-state index contributed by atoms with van der Waals surface area (Å²) >= 11 is 0. The van der Waals surface area contributed by atoms with E-state index in [1.54, 1.807) is 65.7 Å². The first kappa shape index (κ1) is 30.4. The lowest BCUT2D eigenvalue weighted by Gasteiger charge is -2.55. The lowest BCUT2D eigenvalue weighted by atomic mass is 9.98. The van der Waals surface area contributed by atoms with Crippen LogP contribution in [0.15, 0.2) is 79.5 Å². The second-order valence-electron chi connectivity index (χ2n) is 10.5. The van der Waals surface area contributed by atoms with E-state index in [0.717, 1.165) is 5.56 Å². The number of phenols is 1. The van der Waals surface area contributed by atoms with E-state index in [4.69, 9.17) is 9.47 Å². The van der Waals surface area contributed by atoms with Crippen molar-refractivity contribution in [1.82, 2.24) is 30.1 Å². The van der Waals surface area contributed by atoms with Gasteiger partial charge < -0.3 is 29.7 Å². The molecule has 0 spiro atoms. The predicted octanol–water partition coefficient (Wildman–Crippen LogP) is 2.54. The number of carbonyl (C=O) groups excluding carboxylic acids is 3. The molecular formula is C32H36N6O6. The average molecular weight is 601 g/mol. The van der Waals surface area contributed by atoms with Gasteiger partial charge in [0.25, 0.3) is 0 Å². The number of ether oxygens (including phenoxy) is 2. The number of methoxy groups -OCH3 is 2. The van der Waals surface area contributed by atoms with Gasteiger partial charge in [-0.05, 0) is 35.9 Å². The van der Waals surface area contributed by atoms with Crippen molar-refractivity contribution in [2.75, 3.05) is 33.9 Å². The van der Waals surface area contributed by atoms with Gasteiger partial charge in [-0.2, -0.15) is 0 Å². The molecule has 44 heavy (non-hydrogen) atoms. The molecule has 3 heterocycles. The van der Waals surface area contributed by atoms with E-state index in [-0.39, 0.29) is 56.7 Å². The number of nitrogens with one attached hydrogen (secondary N) is 1. The van der Waals surface area contributed by atoms with Gasteiger partial charge in [-0.1, -0.05) is 36.4 Å². The highest BCUT2D eigenvalue weighted by Crippen LogP contribution is 2.34. The van der Waals surface area contributed by atoms with E-state index in [2.05, 4.69) is 16.9 Å². The third-order valence-electron chi connectivity index (χ3n) is 7.74. The molecule has 0 aliphatic carbocycles. The zero-order valence-electron chi connectivity index (χ0n) is 24.8. The molecule has 2 N–H and O–H groups in total. The summed E-state index contributed by atoms with van der Waals surface area (Å²) in [6.07, 6.45) is 2.66. The van der Waals surface area contributed by atoms with Gasteiger partial charge in [-0.25, -0.2) is 14.8 Å². The third kappa shape index (κ3) is 6.30. The van der Waals surface area contributed by atoms with Gasteiger partial charge in [0.2, 0.25) is 11.8 Å². The Hall–Kier alpha value is -5.10. The number of nitrogens with zero attached hydrogens (tertiary/aromatic N) is 5. The van der Waals surface area contributed by atoms with Crippen molar-refractivity contribution in [3.63, 3.8) is 0 Å². The van der Waals surface area contributed by atoms with Crippen LogP contribution in [0, 0.1) is 0 Å². The van der Waals surface area contributed by atoms with E-state index in [0.29, 0.717) is 22.8 Å². The Labute approximate surface area is 256 Å². The van der Waals surface area contributed by atoms with Gasteiger partial charge in [0.1, 0.15) is 18.0 Å². The molecule has 0 unspecified atom stereocenters. The standard InChI is InChI=1S/C32H36N6O6/c1-4-16-36-21-29(40)37-26(17-22-11-13-25(39)14-12-22)31(41)35(19-23-8-7-10-27(43-2)30(23)44-3)20-28(37)38(36)32(42)34-18-24-9-5-6-15-33-24/h4-15,26,28,39H,1,16-21H2,2-3H3,(H,34,42)/t26-,28-/m0/s1. The van der Waals surface area contributed by atoms with Crippen molar-refractivity contribution < 1.29 is 29.0 Å². The normalized spacial score (nSPS) is 18.5. The van der Waals surface area contributed by atoms with E-state index >= 15 is 0 Å². The first-order chi connectivity index (χ1) is 21.3. The molecule has 1 aromatic heterocycles. The number of aromatic nitrogens is 1. The van der Waals surface area contributed by atoms with Crippen LogP contribution in [0.5, 0.6) is 17.2 Å². The number of piperazine rings is 1. The van der Waals surface area contributed by atoms with E-state index in [1.807, 2.05) is 24.3 Å². The van der Waals surface area contributed by atoms with Crippen molar-refractivity contribution >= 4 is 17.8 Å². The van der Waals surface area contributed by atoms with Crippen molar-refractivity contribution in [3.05, 3.63) is 96.3 Å². The van der Waals surface area contributed by atoms with Crippen molar-refractivity contribution in [2.24, 2.45) is 0 Å². The molecule has 3 aromatic rings. The minimum Gasteiger partial charge on any atom is -0.508 e. The van der Waals surface area contributed by atoms with E-state index in [1.165, 1.54) is 17.0 Å². The van der Waals surface area contributed by atoms with Crippen LogP contribution in [-0.4, -0.2) is 93.8 Å². The molecule has 4 amide bonds. The fourth-order valence-corrected chi connectivity index (χ4v) is 5.73. The van der Waals surface area contributed by atoms with E-state index < -0.39 is 18.2 Å². The van der Waals surface area contributed by atoms with Gasteiger partial charge in [-0.15, -0.1) is 6.58 Å². The molecule has 2 aromatic carbocycles. The fourth-order valence-electron chi connectivity index (χ4n) is 5.73. The highest BCUT2D eigenvalue weighted by molar-refractivity contribution is 5.91. The Morgan fingerprint density at radius 2 is 1.89 bits per heavy atom. The number of hydrazine groups is 1. The molecule has 2 aliphatic rings. The summed E-state index contributed by atoms with van der Waals surface area (Å²) in [5.41, 5.74) is 2.15. The second kappa shape index (κ2) is 13.5. The molecule has 230 valence electrons. The summed E-state index contributed by atoms with van der Waals surface area (Å²) in [6.45, 7) is 4.36. The van der Waals surface area contributed by atoms with E-state index in [9.17, 15) is 19.5 Å². The molecule has 2 saturated heterocycles. The number of carbonyl (C=O) groups is 3. The first-order valence-corrected chi connectivity index (χ1v) is 14.2. The Balaban J connectivity index is 1.52. The summed E-state index contributed by atoms with van der Waals surface area (Å²) < 4.78 is 11.1. The third-order valence-corrected chi connectivity index (χ3v) is 7.74. The summed E-state index contributed by atoms with van der Waals surface area (Å²) in [4.78, 5) is 49.3. The van der Waals surface area contributed by atoms with Crippen molar-refractivity contribution in [2.45, 2.75) is 31.7 Å². The predicted molar refractivity (Wildman–Crippen MR) is 161 cm³/mol. The van der Waals surface area contributed by atoms with Gasteiger partial charge in [0.05, 0.1) is 39.5 Å². The van der Waals surface area contributed by atoms with Gasteiger partial charge in [0.15, 0.2) is 11.5 Å². The maximum Gasteiger partial charge on any atom is 0.334 e. The molecule has 2 fully saturated rings. The van der Waals surface area contributed by atoms with Crippen LogP contribution in [0.1, 0.15) is 16.8 Å². The van der Waals surface area contributed by atoms with Gasteiger partial charge in [0, 0.05) is 31.3 Å². The molecular weight excluding hydrogens is 564 g/mol. The summed E-state index contributed by atoms with van der Waals surface area (Å²) in [6, 6.07) is 16.1. The highest BCUT2D eigenvalue weighted by atomic mass is 16.5. The Morgan fingerprint density at radius 1 is 1.09 bits per heavy atom. The molecule has 0 radical (unpaired) electrons. The quantitative estimate of drug-likeness (QED) is 0.340. The van der Waals surface area contributed by atoms with Gasteiger partial charge in [-0.3, -0.25) is 14.6 Å². The topological polar surface area (TPSA) is 128 Å². The number of hydrogen-bond donors (Lipinski definition) is 2. The average Bonchev–Trinajstić information content (AvgIpc) is 3.03. The van der Waals surface area contributed by atoms with Crippen LogP contribution in [0.2, 0.25) is 0 Å². The molecule has 5 rings (SSSR count). The minimum absolute atomic E-state index is 0.0572. The van der Waals surface area contributed by atoms with Crippen LogP contribution in [-0.2, 0) is 29.1 Å². The number of pyridine rings is 1. The fraction of sp³-hybridized carbons (Fsp3) is 0.312. The first-order valence-electron chi connectivity index (χ1n) is 14.2. The molecule has 2 aliphatic heterocycles. The lowest BCUT2D eigenvalue weighted by molar-refractivity contribution is -0.189. The number of aromatic hydroxyl groups is 1. The molecule has 0 saturated carbocycles. The van der Waals surface area contributed by atoms with Crippen molar-refractivity contribution in [3.8, 4) is 17.2 Å². The smallest absolute Gasteiger partial charge is 0.334 e. The van der Waals surface area contributed by atoms with Crippen LogP contribution >= 0.6 is 0 Å². The summed E-state index contributed by atoms with van der Waals surface area (Å²) in [7, 11) is 3.08. The maximum absolute atomic E-state index is 14.2. The highest BCUT2D eigenvalue weighted by Gasteiger charge is 2.51. The molecule has 12 heteroatoms. The largest absolute Gasteiger partial charge is 0.508 e. The van der Waals surface area contributed by atoms with Crippen LogP contribution in [0.3, 0.4) is 0 Å². The number of urea groups is 1. The van der Waals surface area contributed by atoms with Crippen LogP contribution in [0.4, 0.5) is 4.79 Å². The minimum atomic E-state index is -0.903. The zero-order chi connectivity index (χ0) is 31.2. The number of benzene rings is 2. The SMILES string of the molecule is C=CCN1CC(=O)N2[C@@H](Cc3ccc(O)cc3)C(=O)N(Cc3cccc(OC)c3OC)C[C@@H]2N1C(=O)NCc1ccccn1. The molecule has 0 bridgehead atoms. The number of fused-ring (bicyclic) bond motifs is 1. The van der Waals surface area contributed by atoms with Crippen LogP contribution < -0.4 is 14.8 Å². The number of phenolic OH excluding ortho intramolecular Hbond substituents is 1. The van der Waals surface area contributed by atoms with Gasteiger partial charge >= 0.3 is 6.03 Å². The summed E-state index contributed by atoms with van der Waals surface area (Å²) in [5.74, 6) is 0.577. The number of hydrogen-bond acceptors (Lipinski definition) is 8. The number of amides is 4. The number of para-hydroxylation sites is 1. The number of rotatable bonds is 10. The molecule has 2 atom stereocenters. The van der Waals surface area contributed by atoms with Crippen molar-refractivity contribution in [1.29, 1.82) is 0 Å². The lowest BCUT2D eigenvalue weighted by Crippen LogP contribution is -2.76. The monoisotopic (exact) mass is 600 g/mol. The Kier molecular flexibility index (Phi) is 9.29. The maximum atomic E-state index is 14.2. The zero-order valence-corrected chi connectivity index (χ0v) is 24.8. The second-order valence-corrected chi connectivity index (χ2v) is 10.5. The molecule has 12 nitrogen and oxygen atoms in total. The Morgan fingerprint density at radius 3 is 2.57 bits per heavy atom.